The van der Waals surface area contributed by atoms with Crippen molar-refractivity contribution < 1.29 is 14.3 Å². The Morgan fingerprint density at radius 2 is 2.38 bits per heavy atom. The second kappa shape index (κ2) is 4.81. The Morgan fingerprint density at radius 1 is 1.62 bits per heavy atom. The highest BCUT2D eigenvalue weighted by atomic mass is 16.5. The van der Waals surface area contributed by atoms with Gasteiger partial charge in [-0.25, -0.2) is 0 Å². The maximum Gasteiger partial charge on any atom is 0.293 e. The molecule has 0 bridgehead atoms. The molecule has 0 aliphatic carbocycles. The van der Waals surface area contributed by atoms with E-state index in [9.17, 15) is 9.59 Å². The number of hydrogen-bond acceptors (Lipinski definition) is 4. The quantitative estimate of drug-likeness (QED) is 0.443. The molecule has 2 atom stereocenters. The normalized spacial score (nSPS) is 27.9. The predicted molar refractivity (Wildman–Crippen MR) is 45.8 cm³/mol. The summed E-state index contributed by atoms with van der Waals surface area (Å²) >= 11 is 0. The first kappa shape index (κ1) is 9.98. The molecule has 13 heavy (non-hydrogen) atoms. The van der Waals surface area contributed by atoms with Gasteiger partial charge >= 0.3 is 0 Å². The molecule has 0 saturated carbocycles. The molecule has 0 aromatic carbocycles. The molecule has 1 heterocycles. The van der Waals surface area contributed by atoms with Crippen LogP contribution < -0.4 is 11.1 Å². The summed E-state index contributed by atoms with van der Waals surface area (Å²) in [6, 6.07) is -0.268. The number of nitrogens with one attached hydrogen (secondary N) is 1. The largest absolute Gasteiger partial charge is 0.468 e. The van der Waals surface area contributed by atoms with Gasteiger partial charge in [0.1, 0.15) is 0 Å². The van der Waals surface area contributed by atoms with Gasteiger partial charge in [-0.3, -0.25) is 9.59 Å². The molecule has 74 valence electrons. The summed E-state index contributed by atoms with van der Waals surface area (Å²) in [6.07, 6.45) is 2.23. The van der Waals surface area contributed by atoms with Crippen LogP contribution in [0, 0.1) is 0 Å². The van der Waals surface area contributed by atoms with Crippen LogP contribution in [-0.2, 0) is 14.3 Å². The average molecular weight is 186 g/mol. The Hall–Kier alpha value is -1.10. The highest BCUT2D eigenvalue weighted by Gasteiger charge is 2.24. The molecule has 0 aromatic rings. The van der Waals surface area contributed by atoms with Crippen LogP contribution in [0.1, 0.15) is 19.3 Å². The highest BCUT2D eigenvalue weighted by Crippen LogP contribution is 2.10. The van der Waals surface area contributed by atoms with Crippen LogP contribution >= 0.6 is 0 Å². The lowest BCUT2D eigenvalue weighted by Gasteiger charge is -2.26. The van der Waals surface area contributed by atoms with Gasteiger partial charge in [-0.2, -0.15) is 0 Å². The molecule has 1 fully saturated rings. The number of ether oxygens (including phenoxy) is 1. The molecule has 5 nitrogen and oxygen atoms in total. The maximum absolute atomic E-state index is 11.1. The Morgan fingerprint density at radius 3 is 3.00 bits per heavy atom. The van der Waals surface area contributed by atoms with Gasteiger partial charge in [-0.05, 0) is 12.8 Å². The highest BCUT2D eigenvalue weighted by molar-refractivity contribution is 5.82. The number of nitrogens with two attached hydrogens (primary N) is 1. The molecule has 1 aliphatic rings. The molecular formula is C8H14N2O3. The zero-order chi connectivity index (χ0) is 9.68. The van der Waals surface area contributed by atoms with E-state index in [2.05, 4.69) is 10.1 Å². The molecule has 3 N–H and O–H groups in total. The lowest BCUT2D eigenvalue weighted by molar-refractivity contribution is -0.129. The van der Waals surface area contributed by atoms with E-state index < -0.39 is 0 Å². The van der Waals surface area contributed by atoms with Crippen LogP contribution in [0.15, 0.2) is 0 Å². The smallest absolute Gasteiger partial charge is 0.293 e. The minimum atomic E-state index is -0.372. The van der Waals surface area contributed by atoms with E-state index >= 15 is 0 Å². The molecular weight excluding hydrogens is 172 g/mol. The van der Waals surface area contributed by atoms with Crippen molar-refractivity contribution in [2.45, 2.75) is 31.3 Å². The van der Waals surface area contributed by atoms with Crippen molar-refractivity contribution in [3.8, 4) is 0 Å². The first-order valence-electron chi connectivity index (χ1n) is 4.35. The van der Waals surface area contributed by atoms with Crippen molar-refractivity contribution in [1.82, 2.24) is 5.32 Å². The number of rotatable bonds is 4. The molecule has 0 aromatic heterocycles. The Kier molecular flexibility index (Phi) is 3.70. The summed E-state index contributed by atoms with van der Waals surface area (Å²) in [5.41, 5.74) is 5.50. The van der Waals surface area contributed by atoms with Gasteiger partial charge in [0.05, 0.1) is 12.6 Å². The van der Waals surface area contributed by atoms with Gasteiger partial charge in [0.2, 0.25) is 5.91 Å². The average Bonchev–Trinajstić information content (AvgIpc) is 2.12. The van der Waals surface area contributed by atoms with Crippen molar-refractivity contribution in [3.05, 3.63) is 0 Å². The third-order valence-electron chi connectivity index (χ3n) is 2.16. The molecule has 5 heteroatoms. The van der Waals surface area contributed by atoms with E-state index in [1.807, 2.05) is 0 Å². The molecule has 1 rings (SSSR count). The predicted octanol–water partition coefficient (Wildman–Crippen LogP) is -0.845. The molecule has 1 aliphatic heterocycles. The van der Waals surface area contributed by atoms with Crippen molar-refractivity contribution in [2.75, 3.05) is 6.61 Å². The second-order valence-corrected chi connectivity index (χ2v) is 3.15. The summed E-state index contributed by atoms with van der Waals surface area (Å²) in [6.45, 7) is 0.764. The topological polar surface area (TPSA) is 81.4 Å². The van der Waals surface area contributed by atoms with E-state index in [0.717, 1.165) is 6.42 Å². The van der Waals surface area contributed by atoms with Crippen molar-refractivity contribution in [2.24, 2.45) is 5.73 Å². The molecule has 2 unspecified atom stereocenters. The molecule has 1 saturated heterocycles. The van der Waals surface area contributed by atoms with E-state index in [1.165, 1.54) is 0 Å². The Labute approximate surface area is 76.6 Å². The summed E-state index contributed by atoms with van der Waals surface area (Å²) < 4.78 is 4.54. The number of carbonyl (C=O) groups excluding carboxylic acids is 2. The van der Waals surface area contributed by atoms with Crippen LogP contribution in [0.4, 0.5) is 0 Å². The minimum absolute atomic E-state index is 0.104. The van der Waals surface area contributed by atoms with E-state index in [-0.39, 0.29) is 18.0 Å². The van der Waals surface area contributed by atoms with Crippen LogP contribution in [0.3, 0.4) is 0 Å². The fourth-order valence-electron chi connectivity index (χ4n) is 1.37. The van der Waals surface area contributed by atoms with Gasteiger partial charge in [0.15, 0.2) is 0 Å². The lowest BCUT2D eigenvalue weighted by atomic mass is 9.99. The Bertz CT molecular complexity index is 196. The van der Waals surface area contributed by atoms with Gasteiger partial charge in [-0.1, -0.05) is 0 Å². The minimum Gasteiger partial charge on any atom is -0.468 e. The van der Waals surface area contributed by atoms with Gasteiger partial charge in [0, 0.05) is 12.5 Å². The fourth-order valence-corrected chi connectivity index (χ4v) is 1.37. The SMILES string of the molecule is NC1CCC(CCOC=O)NC1=O. The zero-order valence-corrected chi connectivity index (χ0v) is 7.36. The van der Waals surface area contributed by atoms with Crippen LogP contribution in [0.5, 0.6) is 0 Å². The summed E-state index contributed by atoms with van der Waals surface area (Å²) in [5.74, 6) is -0.109. The van der Waals surface area contributed by atoms with Crippen LogP contribution in [0.25, 0.3) is 0 Å². The maximum atomic E-state index is 11.1. The monoisotopic (exact) mass is 186 g/mol. The van der Waals surface area contributed by atoms with E-state index in [4.69, 9.17) is 5.73 Å². The van der Waals surface area contributed by atoms with E-state index in [1.54, 1.807) is 0 Å². The number of hydrogen-bond donors (Lipinski definition) is 2. The van der Waals surface area contributed by atoms with Crippen molar-refractivity contribution in [1.29, 1.82) is 0 Å². The third kappa shape index (κ3) is 3.02. The van der Waals surface area contributed by atoms with Gasteiger partial charge in [0.25, 0.3) is 6.47 Å². The van der Waals surface area contributed by atoms with Crippen molar-refractivity contribution >= 4 is 12.4 Å². The first-order valence-corrected chi connectivity index (χ1v) is 4.35. The zero-order valence-electron chi connectivity index (χ0n) is 7.36. The number of amides is 1. The summed E-state index contributed by atoms with van der Waals surface area (Å²) in [4.78, 5) is 20.9. The van der Waals surface area contributed by atoms with Gasteiger partial charge in [-0.15, -0.1) is 0 Å². The third-order valence-corrected chi connectivity index (χ3v) is 2.16. The molecule has 1 amide bonds. The van der Waals surface area contributed by atoms with Gasteiger partial charge < -0.3 is 15.8 Å². The number of piperidine rings is 1. The molecule has 0 radical (unpaired) electrons. The van der Waals surface area contributed by atoms with E-state index in [0.29, 0.717) is 25.9 Å². The lowest BCUT2D eigenvalue weighted by Crippen LogP contribution is -2.50. The van der Waals surface area contributed by atoms with Crippen LogP contribution in [0.2, 0.25) is 0 Å². The summed E-state index contributed by atoms with van der Waals surface area (Å²) in [7, 11) is 0. The Balaban J connectivity index is 2.21. The second-order valence-electron chi connectivity index (χ2n) is 3.15. The standard InChI is InChI=1S/C8H14N2O3/c9-7-2-1-6(10-8(7)12)3-4-13-5-11/h5-7H,1-4,9H2,(H,10,12). The first-order chi connectivity index (χ1) is 6.24. The fraction of sp³-hybridized carbons (Fsp3) is 0.750. The van der Waals surface area contributed by atoms with Crippen LogP contribution in [-0.4, -0.2) is 31.1 Å². The summed E-state index contributed by atoms with van der Waals surface area (Å²) in [5, 5.41) is 2.77. The van der Waals surface area contributed by atoms with Crippen molar-refractivity contribution in [3.63, 3.8) is 0 Å². The molecule has 0 spiro atoms. The number of carbonyl (C=O) groups is 2.